The number of primary amides is 1. The molecule has 1 unspecified atom stereocenters. The van der Waals surface area contributed by atoms with E-state index in [0.29, 0.717) is 18.4 Å². The van der Waals surface area contributed by atoms with Gasteiger partial charge in [-0.2, -0.15) is 0 Å². The zero-order chi connectivity index (χ0) is 23.8. The second-order valence-electron chi connectivity index (χ2n) is 10.2. The van der Waals surface area contributed by atoms with Gasteiger partial charge in [-0.3, -0.25) is 14.7 Å². The van der Waals surface area contributed by atoms with Crippen LogP contribution in [0, 0.1) is 0 Å². The molecule has 6 heteroatoms. The number of amidine groups is 1. The maximum atomic E-state index is 11.3. The number of rotatable bonds is 5. The minimum Gasteiger partial charge on any atom is -0.369 e. The number of allylic oxidation sites excluding steroid dienone is 3. The van der Waals surface area contributed by atoms with E-state index in [1.165, 1.54) is 33.3 Å². The number of amides is 1. The number of aromatic nitrogens is 1. The average Bonchev–Trinajstić information content (AvgIpc) is 3.33. The van der Waals surface area contributed by atoms with E-state index >= 15 is 0 Å². The van der Waals surface area contributed by atoms with Gasteiger partial charge in [0.05, 0.1) is 18.3 Å². The van der Waals surface area contributed by atoms with Gasteiger partial charge in [0.25, 0.3) is 0 Å². The summed E-state index contributed by atoms with van der Waals surface area (Å²) in [5, 5.41) is 1.33. The second kappa shape index (κ2) is 9.34. The van der Waals surface area contributed by atoms with Gasteiger partial charge in [0.2, 0.25) is 5.91 Å². The average molecular weight is 458 g/mol. The van der Waals surface area contributed by atoms with Crippen molar-refractivity contribution in [1.29, 1.82) is 0 Å². The molecule has 1 fully saturated rings. The van der Waals surface area contributed by atoms with Crippen LogP contribution in [0.3, 0.4) is 0 Å². The molecular weight excluding hydrogens is 422 g/mol. The van der Waals surface area contributed by atoms with E-state index in [1.54, 1.807) is 0 Å². The zero-order valence-corrected chi connectivity index (χ0v) is 20.5. The molecular formula is C28H35N5O. The number of nitrogens with zero attached hydrogens (tertiary/aromatic N) is 3. The van der Waals surface area contributed by atoms with Gasteiger partial charge in [-0.15, -0.1) is 0 Å². The summed E-state index contributed by atoms with van der Waals surface area (Å²) < 4.78 is 0. The first-order valence-corrected chi connectivity index (χ1v) is 12.6. The van der Waals surface area contributed by atoms with Crippen molar-refractivity contribution in [1.82, 2.24) is 9.88 Å². The molecule has 0 spiro atoms. The fraction of sp³-hybridized carbons (Fsp3) is 0.464. The third-order valence-corrected chi connectivity index (χ3v) is 7.38. The van der Waals surface area contributed by atoms with Crippen LogP contribution in [0.25, 0.3) is 16.5 Å². The Morgan fingerprint density at radius 2 is 2.00 bits per heavy atom. The molecule has 0 radical (unpaired) electrons. The monoisotopic (exact) mass is 457 g/mol. The molecule has 3 N–H and O–H groups in total. The smallest absolute Gasteiger partial charge is 0.231 e. The number of aliphatic imine (C=N–C) groups is 2. The van der Waals surface area contributed by atoms with Crippen molar-refractivity contribution in [2.45, 2.75) is 64.3 Å². The fourth-order valence-electron chi connectivity index (χ4n) is 5.72. The van der Waals surface area contributed by atoms with Crippen LogP contribution < -0.4 is 5.73 Å². The number of aromatic amines is 1. The molecule has 1 aliphatic carbocycles. The molecule has 6 nitrogen and oxygen atoms in total. The number of H-pyrrole nitrogens is 1. The molecule has 1 aromatic carbocycles. The van der Waals surface area contributed by atoms with E-state index in [1.807, 2.05) is 6.92 Å². The van der Waals surface area contributed by atoms with Crippen LogP contribution in [0.1, 0.15) is 75.1 Å². The van der Waals surface area contributed by atoms with Crippen LogP contribution in [0.4, 0.5) is 0 Å². The molecule has 3 heterocycles. The van der Waals surface area contributed by atoms with Crippen LogP contribution in [0.15, 0.2) is 46.4 Å². The Labute approximate surface area is 201 Å². The number of carbonyl (C=O) groups excluding carboxylic acids is 1. The highest BCUT2D eigenvalue weighted by atomic mass is 16.1. The molecule has 0 bridgehead atoms. The molecule has 5 rings (SSSR count). The summed E-state index contributed by atoms with van der Waals surface area (Å²) in [4.78, 5) is 26.5. The Balaban J connectivity index is 1.45. The van der Waals surface area contributed by atoms with E-state index in [-0.39, 0.29) is 11.9 Å². The van der Waals surface area contributed by atoms with Crippen molar-refractivity contribution >= 4 is 33.9 Å². The first-order chi connectivity index (χ1) is 16.4. The van der Waals surface area contributed by atoms with E-state index < -0.39 is 0 Å². The number of nitrogens with one attached hydrogen (secondary N) is 1. The number of carbonyl (C=O) groups is 1. The van der Waals surface area contributed by atoms with Crippen molar-refractivity contribution in [3.05, 3.63) is 53.2 Å². The molecule has 1 atom stereocenters. The fourth-order valence-corrected chi connectivity index (χ4v) is 5.72. The summed E-state index contributed by atoms with van der Waals surface area (Å²) in [6.45, 7) is 8.75. The van der Waals surface area contributed by atoms with Gasteiger partial charge in [-0.25, -0.2) is 4.99 Å². The number of fused-ring (bicyclic) bond motifs is 2. The summed E-state index contributed by atoms with van der Waals surface area (Å²) in [6.07, 6.45) is 10.8. The van der Waals surface area contributed by atoms with Gasteiger partial charge in [-0.05, 0) is 92.4 Å². The van der Waals surface area contributed by atoms with Crippen LogP contribution in [-0.4, -0.2) is 53.0 Å². The van der Waals surface area contributed by atoms with Crippen LogP contribution in [-0.2, 0) is 4.79 Å². The van der Waals surface area contributed by atoms with Crippen LogP contribution in [0.2, 0.25) is 0 Å². The summed E-state index contributed by atoms with van der Waals surface area (Å²) in [5.41, 5.74) is 12.9. The normalized spacial score (nSPS) is 24.2. The SMILES string of the molecule is CC1=NC2CC/C=C(c3[nH]c4ccc(C5CCN(CC(N)=O)CC5)cc4c3C(C)C)\C=C/C2=N1. The molecule has 0 saturated carbocycles. The maximum Gasteiger partial charge on any atom is 0.231 e. The molecule has 3 aliphatic rings. The molecule has 2 aromatic rings. The molecule has 1 amide bonds. The lowest BCUT2D eigenvalue weighted by molar-refractivity contribution is -0.119. The van der Waals surface area contributed by atoms with Gasteiger partial charge < -0.3 is 10.7 Å². The van der Waals surface area contributed by atoms with Crippen LogP contribution in [0.5, 0.6) is 0 Å². The van der Waals surface area contributed by atoms with Crippen LogP contribution >= 0.6 is 0 Å². The Morgan fingerprint density at radius 1 is 1.21 bits per heavy atom. The van der Waals surface area contributed by atoms with Crippen molar-refractivity contribution in [2.75, 3.05) is 19.6 Å². The number of benzene rings is 1. The first kappa shape index (κ1) is 22.8. The molecule has 1 aromatic heterocycles. The van der Waals surface area contributed by atoms with E-state index in [2.05, 4.69) is 70.1 Å². The Bertz CT molecular complexity index is 1220. The quantitative estimate of drug-likeness (QED) is 0.667. The summed E-state index contributed by atoms with van der Waals surface area (Å²) in [7, 11) is 0. The summed E-state index contributed by atoms with van der Waals surface area (Å²) >= 11 is 0. The minimum atomic E-state index is -0.239. The third kappa shape index (κ3) is 4.51. The number of hydrogen-bond donors (Lipinski definition) is 2. The van der Waals surface area contributed by atoms with Gasteiger partial charge in [0.15, 0.2) is 0 Å². The number of nitrogens with two attached hydrogens (primary N) is 1. The van der Waals surface area contributed by atoms with E-state index in [4.69, 9.17) is 5.73 Å². The molecule has 1 saturated heterocycles. The summed E-state index contributed by atoms with van der Waals surface area (Å²) in [6, 6.07) is 7.14. The van der Waals surface area contributed by atoms with Gasteiger partial charge >= 0.3 is 0 Å². The minimum absolute atomic E-state index is 0.207. The number of hydrogen-bond acceptors (Lipinski definition) is 4. The third-order valence-electron chi connectivity index (χ3n) is 7.38. The standard InChI is InChI=1S/C28H35N5O/c1-17(2)27-22-15-21(19-11-13-33(14-12-19)16-26(29)34)8-9-23(22)32-28(27)20-5-4-6-24-25(10-7-20)31-18(3)30-24/h5,7-10,15,17,19,24,32H,4,6,11-14,16H2,1-3H3,(H2,29,34)/b10-7-,20-5+. The first-order valence-electron chi connectivity index (χ1n) is 12.6. The molecule has 178 valence electrons. The van der Waals surface area contributed by atoms with E-state index in [9.17, 15) is 4.79 Å². The second-order valence-corrected chi connectivity index (χ2v) is 10.2. The van der Waals surface area contributed by atoms with Crippen molar-refractivity contribution < 1.29 is 4.79 Å². The van der Waals surface area contributed by atoms with Crippen molar-refractivity contribution in [3.8, 4) is 0 Å². The Morgan fingerprint density at radius 3 is 2.74 bits per heavy atom. The van der Waals surface area contributed by atoms with Gasteiger partial charge in [0.1, 0.15) is 5.84 Å². The highest BCUT2D eigenvalue weighted by Crippen LogP contribution is 2.37. The number of piperidine rings is 1. The van der Waals surface area contributed by atoms with Crippen molar-refractivity contribution in [3.63, 3.8) is 0 Å². The Hall–Kier alpha value is -2.99. The van der Waals surface area contributed by atoms with Crippen molar-refractivity contribution in [2.24, 2.45) is 15.7 Å². The summed E-state index contributed by atoms with van der Waals surface area (Å²) in [5.74, 6) is 1.57. The Kier molecular flexibility index (Phi) is 6.26. The van der Waals surface area contributed by atoms with E-state index in [0.717, 1.165) is 50.3 Å². The molecule has 34 heavy (non-hydrogen) atoms. The van der Waals surface area contributed by atoms with Gasteiger partial charge in [-0.1, -0.05) is 32.1 Å². The predicted molar refractivity (Wildman–Crippen MR) is 141 cm³/mol. The highest BCUT2D eigenvalue weighted by molar-refractivity contribution is 6.11. The maximum absolute atomic E-state index is 11.3. The van der Waals surface area contributed by atoms with Gasteiger partial charge in [0, 0.05) is 16.6 Å². The predicted octanol–water partition coefficient (Wildman–Crippen LogP) is 4.93. The number of likely N-dealkylation sites (tertiary alicyclic amines) is 1. The largest absolute Gasteiger partial charge is 0.369 e. The molecule has 2 aliphatic heterocycles. The lowest BCUT2D eigenvalue weighted by Gasteiger charge is -2.31. The zero-order valence-electron chi connectivity index (χ0n) is 20.5. The highest BCUT2D eigenvalue weighted by Gasteiger charge is 2.24. The topological polar surface area (TPSA) is 86.8 Å². The lowest BCUT2D eigenvalue weighted by atomic mass is 9.87. The lowest BCUT2D eigenvalue weighted by Crippen LogP contribution is -2.39.